The van der Waals surface area contributed by atoms with Gasteiger partial charge in [-0.25, -0.2) is 9.59 Å². The quantitative estimate of drug-likeness (QED) is 0.270. The minimum Gasteiger partial charge on any atom is -0.482 e. The van der Waals surface area contributed by atoms with Gasteiger partial charge in [-0.05, 0) is 75.9 Å². The molecule has 0 aliphatic heterocycles. The summed E-state index contributed by atoms with van der Waals surface area (Å²) in [6, 6.07) is 13.2. The fourth-order valence-corrected chi connectivity index (χ4v) is 4.06. The van der Waals surface area contributed by atoms with Crippen molar-refractivity contribution < 1.29 is 41.7 Å². The van der Waals surface area contributed by atoms with Crippen LogP contribution in [0.2, 0.25) is 0 Å². The molecular weight excluding hydrogens is 569 g/mol. The van der Waals surface area contributed by atoms with Gasteiger partial charge >= 0.3 is 24.1 Å². The van der Waals surface area contributed by atoms with Gasteiger partial charge in [0.15, 0.2) is 13.2 Å². The molecule has 0 radical (unpaired) electrons. The number of hydrogen-bond acceptors (Lipinski definition) is 10. The summed E-state index contributed by atoms with van der Waals surface area (Å²) in [7, 11) is 0. The first kappa shape index (κ1) is 31.5. The molecule has 13 heteroatoms. The number of nitrogens with zero attached hydrogens (tertiary/aromatic N) is 3. The number of esters is 2. The lowest BCUT2D eigenvalue weighted by atomic mass is 10.1. The molecule has 1 fully saturated rings. The Kier molecular flexibility index (Phi) is 9.41. The number of halogens is 3. The molecule has 1 aliphatic carbocycles. The SMILES string of the molecule is CCOC(=O)COc1ccc(C2(Nc3nc(Cc4ccc(C(=O)OC(C)(C)C)cc4)nc(OCC(F)(F)F)n3)CC2)cc1. The zero-order valence-corrected chi connectivity index (χ0v) is 24.3. The number of carbonyl (C=O) groups is 2. The Morgan fingerprint density at radius 2 is 1.60 bits per heavy atom. The van der Waals surface area contributed by atoms with E-state index in [0.29, 0.717) is 16.9 Å². The van der Waals surface area contributed by atoms with E-state index < -0.39 is 41.9 Å². The number of rotatable bonds is 12. The van der Waals surface area contributed by atoms with E-state index >= 15 is 0 Å². The first-order valence-electron chi connectivity index (χ1n) is 13.7. The number of nitrogens with one attached hydrogen (secondary N) is 1. The van der Waals surface area contributed by atoms with Gasteiger partial charge in [-0.1, -0.05) is 24.3 Å². The van der Waals surface area contributed by atoms with Gasteiger partial charge in [0.2, 0.25) is 5.95 Å². The molecule has 4 rings (SSSR count). The van der Waals surface area contributed by atoms with Crippen molar-refractivity contribution in [3.63, 3.8) is 0 Å². The van der Waals surface area contributed by atoms with Crippen molar-refractivity contribution in [3.8, 4) is 11.8 Å². The Morgan fingerprint density at radius 3 is 2.19 bits per heavy atom. The molecule has 3 aromatic rings. The highest BCUT2D eigenvalue weighted by Gasteiger charge is 2.45. The molecule has 1 N–H and O–H groups in total. The fraction of sp³-hybridized carbons (Fsp3) is 0.433. The predicted octanol–water partition coefficient (Wildman–Crippen LogP) is 5.40. The minimum atomic E-state index is -4.58. The average Bonchev–Trinajstić information content (AvgIpc) is 3.70. The summed E-state index contributed by atoms with van der Waals surface area (Å²) in [5.74, 6) is -0.219. The summed E-state index contributed by atoms with van der Waals surface area (Å²) < 4.78 is 59.2. The number of carbonyl (C=O) groups excluding carboxylic acids is 2. The second-order valence-electron chi connectivity index (χ2n) is 11.0. The average molecular weight is 603 g/mol. The number of anilines is 1. The van der Waals surface area contributed by atoms with Crippen molar-refractivity contribution in [3.05, 3.63) is 71.0 Å². The van der Waals surface area contributed by atoms with E-state index in [1.165, 1.54) is 0 Å². The monoisotopic (exact) mass is 602 g/mol. The van der Waals surface area contributed by atoms with E-state index in [4.69, 9.17) is 18.9 Å². The molecule has 1 aromatic heterocycles. The highest BCUT2D eigenvalue weighted by atomic mass is 19.4. The van der Waals surface area contributed by atoms with Crippen LogP contribution >= 0.6 is 0 Å². The van der Waals surface area contributed by atoms with E-state index in [9.17, 15) is 22.8 Å². The van der Waals surface area contributed by atoms with Crippen LogP contribution in [0.25, 0.3) is 0 Å². The third kappa shape index (κ3) is 9.55. The van der Waals surface area contributed by atoms with E-state index in [2.05, 4.69) is 20.3 Å². The molecule has 2 aromatic carbocycles. The lowest BCUT2D eigenvalue weighted by Crippen LogP contribution is -2.24. The summed E-state index contributed by atoms with van der Waals surface area (Å²) in [5.41, 5.74) is 0.766. The Labute approximate surface area is 246 Å². The van der Waals surface area contributed by atoms with Crippen LogP contribution in [-0.2, 0) is 26.2 Å². The van der Waals surface area contributed by atoms with Gasteiger partial charge < -0.3 is 24.3 Å². The van der Waals surface area contributed by atoms with E-state index in [1.54, 1.807) is 64.1 Å². The summed E-state index contributed by atoms with van der Waals surface area (Å²) in [6.07, 6.45) is -2.98. The summed E-state index contributed by atoms with van der Waals surface area (Å²) in [4.78, 5) is 36.5. The van der Waals surface area contributed by atoms with Crippen molar-refractivity contribution in [1.82, 2.24) is 15.0 Å². The normalized spacial score (nSPS) is 14.0. The molecule has 1 heterocycles. The number of hydrogen-bond donors (Lipinski definition) is 1. The first-order chi connectivity index (χ1) is 20.2. The van der Waals surface area contributed by atoms with Crippen LogP contribution in [-0.4, -0.2) is 58.5 Å². The van der Waals surface area contributed by atoms with Crippen molar-refractivity contribution >= 4 is 17.9 Å². The van der Waals surface area contributed by atoms with E-state index in [1.807, 2.05) is 12.1 Å². The second-order valence-corrected chi connectivity index (χ2v) is 11.0. The van der Waals surface area contributed by atoms with Crippen LogP contribution in [0.5, 0.6) is 11.8 Å². The summed E-state index contributed by atoms with van der Waals surface area (Å²) in [6.45, 7) is 5.52. The molecule has 0 atom stereocenters. The Hall–Kier alpha value is -4.42. The molecule has 0 spiro atoms. The lowest BCUT2D eigenvalue weighted by molar-refractivity contribution is -0.154. The highest BCUT2D eigenvalue weighted by molar-refractivity contribution is 5.89. The van der Waals surface area contributed by atoms with Crippen molar-refractivity contribution in [2.75, 3.05) is 25.1 Å². The number of aromatic nitrogens is 3. The van der Waals surface area contributed by atoms with Crippen LogP contribution in [0, 0.1) is 0 Å². The maximum atomic E-state index is 12.9. The number of benzene rings is 2. The molecular formula is C30H33F3N4O6. The number of alkyl halides is 3. The smallest absolute Gasteiger partial charge is 0.422 e. The van der Waals surface area contributed by atoms with Crippen molar-refractivity contribution in [2.24, 2.45) is 0 Å². The second kappa shape index (κ2) is 12.8. The van der Waals surface area contributed by atoms with Gasteiger partial charge in [-0.2, -0.15) is 28.1 Å². The topological polar surface area (TPSA) is 122 Å². The van der Waals surface area contributed by atoms with Crippen LogP contribution in [0.3, 0.4) is 0 Å². The molecule has 0 saturated heterocycles. The van der Waals surface area contributed by atoms with Gasteiger partial charge in [0, 0.05) is 6.42 Å². The van der Waals surface area contributed by atoms with Crippen LogP contribution in [0.15, 0.2) is 48.5 Å². The van der Waals surface area contributed by atoms with Gasteiger partial charge in [0.1, 0.15) is 17.2 Å². The van der Waals surface area contributed by atoms with Crippen LogP contribution < -0.4 is 14.8 Å². The van der Waals surface area contributed by atoms with Crippen molar-refractivity contribution in [1.29, 1.82) is 0 Å². The lowest BCUT2D eigenvalue weighted by Gasteiger charge is -2.19. The minimum absolute atomic E-state index is 0.0627. The molecule has 43 heavy (non-hydrogen) atoms. The zero-order chi connectivity index (χ0) is 31.3. The summed E-state index contributed by atoms with van der Waals surface area (Å²) >= 11 is 0. The zero-order valence-electron chi connectivity index (χ0n) is 24.3. The van der Waals surface area contributed by atoms with Crippen LogP contribution in [0.4, 0.5) is 19.1 Å². The predicted molar refractivity (Wildman–Crippen MR) is 149 cm³/mol. The Bertz CT molecular complexity index is 1420. The molecule has 230 valence electrons. The molecule has 10 nitrogen and oxygen atoms in total. The molecule has 1 aliphatic rings. The van der Waals surface area contributed by atoms with E-state index in [0.717, 1.165) is 18.4 Å². The fourth-order valence-electron chi connectivity index (χ4n) is 4.06. The third-order valence-electron chi connectivity index (χ3n) is 6.15. The maximum absolute atomic E-state index is 12.9. The van der Waals surface area contributed by atoms with Gasteiger partial charge in [0.05, 0.1) is 17.7 Å². The first-order valence-corrected chi connectivity index (χ1v) is 13.7. The third-order valence-corrected chi connectivity index (χ3v) is 6.15. The molecule has 0 unspecified atom stereocenters. The van der Waals surface area contributed by atoms with Gasteiger partial charge in [-0.15, -0.1) is 0 Å². The standard InChI is InChI=1S/C30H33F3N4O6/c1-5-40-24(38)17-41-22-12-10-21(11-13-22)29(14-15-29)37-26-34-23(35-27(36-26)42-18-30(31,32)33)16-19-6-8-20(9-7-19)25(39)43-28(2,3)4/h6-13H,5,14-18H2,1-4H3,(H,34,35,36,37). The molecule has 0 amide bonds. The highest BCUT2D eigenvalue weighted by Crippen LogP contribution is 2.48. The Balaban J connectivity index is 1.50. The van der Waals surface area contributed by atoms with Gasteiger partial charge in [-0.3, -0.25) is 0 Å². The summed E-state index contributed by atoms with van der Waals surface area (Å²) in [5, 5.41) is 3.24. The van der Waals surface area contributed by atoms with E-state index in [-0.39, 0.29) is 31.4 Å². The van der Waals surface area contributed by atoms with Crippen LogP contribution in [0.1, 0.15) is 67.8 Å². The molecule has 0 bridgehead atoms. The maximum Gasteiger partial charge on any atom is 0.422 e. The number of ether oxygens (including phenoxy) is 4. The largest absolute Gasteiger partial charge is 0.482 e. The molecule has 1 saturated carbocycles. The van der Waals surface area contributed by atoms with Gasteiger partial charge in [0.25, 0.3) is 0 Å². The Morgan fingerprint density at radius 1 is 0.930 bits per heavy atom. The van der Waals surface area contributed by atoms with Crippen molar-refractivity contribution in [2.45, 2.75) is 64.3 Å².